The van der Waals surface area contributed by atoms with Gasteiger partial charge in [-0.1, -0.05) is 31.2 Å². The van der Waals surface area contributed by atoms with Gasteiger partial charge in [-0.25, -0.2) is 0 Å². The van der Waals surface area contributed by atoms with E-state index in [2.05, 4.69) is 31.2 Å². The van der Waals surface area contributed by atoms with Crippen LogP contribution in [0.3, 0.4) is 0 Å². The molecule has 0 aliphatic heterocycles. The molecule has 0 saturated heterocycles. The van der Waals surface area contributed by atoms with Crippen molar-refractivity contribution in [1.29, 1.82) is 0 Å². The Labute approximate surface area is 98.8 Å². The van der Waals surface area contributed by atoms with Crippen molar-refractivity contribution in [3.05, 3.63) is 35.4 Å². The summed E-state index contributed by atoms with van der Waals surface area (Å²) in [6, 6.07) is 8.38. The molecule has 0 aliphatic rings. The summed E-state index contributed by atoms with van der Waals surface area (Å²) in [5, 5.41) is 0. The third-order valence-corrected chi connectivity index (χ3v) is 2.48. The zero-order valence-corrected chi connectivity index (χ0v) is 10.8. The van der Waals surface area contributed by atoms with Crippen molar-refractivity contribution in [2.75, 3.05) is 6.61 Å². The van der Waals surface area contributed by atoms with Crippen LogP contribution in [0, 0.1) is 0 Å². The first-order valence-corrected chi connectivity index (χ1v) is 5.91. The Kier molecular flexibility index (Phi) is 4.51. The summed E-state index contributed by atoms with van der Waals surface area (Å²) in [6.07, 6.45) is 1.04. The highest BCUT2D eigenvalue weighted by molar-refractivity contribution is 5.25. The molecule has 0 fully saturated rings. The fourth-order valence-electron chi connectivity index (χ4n) is 1.48. The molecule has 1 rings (SSSR count). The first-order valence-electron chi connectivity index (χ1n) is 5.91. The summed E-state index contributed by atoms with van der Waals surface area (Å²) in [5.74, 6) is 0. The molecule has 0 saturated carbocycles. The molecule has 1 aromatic rings. The summed E-state index contributed by atoms with van der Waals surface area (Å²) in [7, 11) is 0. The molecule has 2 nitrogen and oxygen atoms in total. The Morgan fingerprint density at radius 1 is 1.31 bits per heavy atom. The van der Waals surface area contributed by atoms with Crippen LogP contribution in [0.5, 0.6) is 0 Å². The summed E-state index contributed by atoms with van der Waals surface area (Å²) >= 11 is 0. The van der Waals surface area contributed by atoms with Crippen LogP contribution in [-0.4, -0.2) is 12.2 Å². The first kappa shape index (κ1) is 13.2. The molecule has 0 amide bonds. The van der Waals surface area contributed by atoms with Gasteiger partial charge in [0.05, 0.1) is 18.2 Å². The zero-order chi connectivity index (χ0) is 12.2. The van der Waals surface area contributed by atoms with Gasteiger partial charge in [0.2, 0.25) is 0 Å². The molecule has 0 aromatic heterocycles. The molecule has 1 atom stereocenters. The maximum atomic E-state index is 6.10. The van der Waals surface area contributed by atoms with Crippen LogP contribution >= 0.6 is 0 Å². The lowest BCUT2D eigenvalue weighted by Gasteiger charge is -2.22. The monoisotopic (exact) mass is 221 g/mol. The molecule has 0 aliphatic carbocycles. The van der Waals surface area contributed by atoms with E-state index >= 15 is 0 Å². The fourth-order valence-corrected chi connectivity index (χ4v) is 1.48. The van der Waals surface area contributed by atoms with Crippen molar-refractivity contribution in [2.45, 2.75) is 45.8 Å². The van der Waals surface area contributed by atoms with Crippen LogP contribution < -0.4 is 5.73 Å². The van der Waals surface area contributed by atoms with Crippen LogP contribution in [0.25, 0.3) is 0 Å². The van der Waals surface area contributed by atoms with E-state index in [1.54, 1.807) is 0 Å². The van der Waals surface area contributed by atoms with E-state index in [1.165, 1.54) is 5.56 Å². The van der Waals surface area contributed by atoms with E-state index in [0.717, 1.165) is 12.0 Å². The zero-order valence-electron chi connectivity index (χ0n) is 10.8. The lowest BCUT2D eigenvalue weighted by molar-refractivity contribution is -0.0102. The van der Waals surface area contributed by atoms with Crippen LogP contribution in [0.1, 0.15) is 44.9 Å². The number of nitrogens with two attached hydrogens (primary N) is 1. The standard InChI is InChI=1S/C14H23NO/c1-5-11-7-6-8-12(9-11)13(15)10-16-14(2,3)4/h6-9,13H,5,10,15H2,1-4H3. The van der Waals surface area contributed by atoms with Gasteiger partial charge in [0.25, 0.3) is 0 Å². The van der Waals surface area contributed by atoms with Crippen LogP contribution in [-0.2, 0) is 11.2 Å². The summed E-state index contributed by atoms with van der Waals surface area (Å²) in [5.41, 5.74) is 8.45. The molecule has 16 heavy (non-hydrogen) atoms. The Morgan fingerprint density at radius 3 is 2.56 bits per heavy atom. The third-order valence-electron chi connectivity index (χ3n) is 2.48. The Morgan fingerprint density at radius 2 is 2.00 bits per heavy atom. The van der Waals surface area contributed by atoms with E-state index < -0.39 is 0 Å². The van der Waals surface area contributed by atoms with Crippen LogP contribution in [0.2, 0.25) is 0 Å². The van der Waals surface area contributed by atoms with Crippen molar-refractivity contribution >= 4 is 0 Å². The molecule has 0 heterocycles. The maximum Gasteiger partial charge on any atom is 0.0666 e. The first-order chi connectivity index (χ1) is 7.42. The Bertz CT molecular complexity index is 328. The maximum absolute atomic E-state index is 6.10. The summed E-state index contributed by atoms with van der Waals surface area (Å²) in [6.45, 7) is 8.85. The summed E-state index contributed by atoms with van der Waals surface area (Å²) < 4.78 is 5.69. The van der Waals surface area contributed by atoms with Gasteiger partial charge in [-0.15, -0.1) is 0 Å². The molecule has 0 bridgehead atoms. The number of benzene rings is 1. The molecule has 0 spiro atoms. The van der Waals surface area contributed by atoms with Crippen molar-refractivity contribution in [2.24, 2.45) is 5.73 Å². The predicted octanol–water partition coefficient (Wildman–Crippen LogP) is 3.06. The van der Waals surface area contributed by atoms with Crippen molar-refractivity contribution < 1.29 is 4.74 Å². The van der Waals surface area contributed by atoms with E-state index in [-0.39, 0.29) is 11.6 Å². The molecule has 2 N–H and O–H groups in total. The number of rotatable bonds is 4. The van der Waals surface area contributed by atoms with Crippen molar-refractivity contribution in [1.82, 2.24) is 0 Å². The van der Waals surface area contributed by atoms with E-state index in [1.807, 2.05) is 20.8 Å². The predicted molar refractivity (Wildman–Crippen MR) is 68.5 cm³/mol. The molecule has 1 unspecified atom stereocenters. The lowest BCUT2D eigenvalue weighted by Crippen LogP contribution is -2.26. The molecular formula is C14H23NO. The fraction of sp³-hybridized carbons (Fsp3) is 0.571. The molecule has 0 radical (unpaired) electrons. The minimum absolute atomic E-state index is 0.0364. The average Bonchev–Trinajstić information content (AvgIpc) is 2.25. The van der Waals surface area contributed by atoms with Gasteiger partial charge in [-0.3, -0.25) is 0 Å². The number of hydrogen-bond donors (Lipinski definition) is 1. The normalized spacial score (nSPS) is 13.8. The SMILES string of the molecule is CCc1cccc(C(N)COC(C)(C)C)c1. The van der Waals surface area contributed by atoms with Crippen molar-refractivity contribution in [3.8, 4) is 0 Å². The Hall–Kier alpha value is -0.860. The minimum atomic E-state index is -0.125. The van der Waals surface area contributed by atoms with Gasteiger partial charge in [0, 0.05) is 0 Å². The second-order valence-corrected chi connectivity index (χ2v) is 5.13. The highest BCUT2D eigenvalue weighted by Gasteiger charge is 2.14. The van der Waals surface area contributed by atoms with Gasteiger partial charge in [-0.2, -0.15) is 0 Å². The van der Waals surface area contributed by atoms with E-state index in [9.17, 15) is 0 Å². The minimum Gasteiger partial charge on any atom is -0.374 e. The van der Waals surface area contributed by atoms with Crippen LogP contribution in [0.4, 0.5) is 0 Å². The molecule has 1 aromatic carbocycles. The third kappa shape index (κ3) is 4.33. The topological polar surface area (TPSA) is 35.2 Å². The second kappa shape index (κ2) is 5.46. The largest absolute Gasteiger partial charge is 0.374 e. The summed E-state index contributed by atoms with van der Waals surface area (Å²) in [4.78, 5) is 0. The van der Waals surface area contributed by atoms with Crippen LogP contribution in [0.15, 0.2) is 24.3 Å². The van der Waals surface area contributed by atoms with Crippen molar-refractivity contribution in [3.63, 3.8) is 0 Å². The number of aryl methyl sites for hydroxylation is 1. The van der Waals surface area contributed by atoms with Gasteiger partial charge in [-0.05, 0) is 38.3 Å². The number of ether oxygens (including phenoxy) is 1. The second-order valence-electron chi connectivity index (χ2n) is 5.13. The quantitative estimate of drug-likeness (QED) is 0.848. The highest BCUT2D eigenvalue weighted by Crippen LogP contribution is 2.16. The Balaban J connectivity index is 2.62. The van der Waals surface area contributed by atoms with E-state index in [0.29, 0.717) is 6.61 Å². The smallest absolute Gasteiger partial charge is 0.0666 e. The number of hydrogen-bond acceptors (Lipinski definition) is 2. The van der Waals surface area contributed by atoms with E-state index in [4.69, 9.17) is 10.5 Å². The van der Waals surface area contributed by atoms with Gasteiger partial charge >= 0.3 is 0 Å². The van der Waals surface area contributed by atoms with Gasteiger partial charge < -0.3 is 10.5 Å². The van der Waals surface area contributed by atoms with Gasteiger partial charge in [0.15, 0.2) is 0 Å². The lowest BCUT2D eigenvalue weighted by atomic mass is 10.0. The molecule has 2 heteroatoms. The highest BCUT2D eigenvalue weighted by atomic mass is 16.5. The average molecular weight is 221 g/mol. The van der Waals surface area contributed by atoms with Gasteiger partial charge in [0.1, 0.15) is 0 Å². The molecule has 90 valence electrons. The molecular weight excluding hydrogens is 198 g/mol.